The predicted octanol–water partition coefficient (Wildman–Crippen LogP) is 4.28. The minimum Gasteiger partial charge on any atom is -0.353 e. The summed E-state index contributed by atoms with van der Waals surface area (Å²) in [6.07, 6.45) is 4.00. The van der Waals surface area contributed by atoms with Crippen LogP contribution in [0.3, 0.4) is 0 Å². The Morgan fingerprint density at radius 1 is 1.35 bits per heavy atom. The number of aldehydes is 1. The molecule has 1 aliphatic rings. The van der Waals surface area contributed by atoms with Crippen LogP contribution in [0, 0.1) is 13.8 Å². The van der Waals surface area contributed by atoms with Gasteiger partial charge in [-0.2, -0.15) is 0 Å². The molecule has 1 aliphatic heterocycles. The summed E-state index contributed by atoms with van der Waals surface area (Å²) >= 11 is 1.63. The van der Waals surface area contributed by atoms with Crippen molar-refractivity contribution in [3.8, 4) is 10.6 Å². The SMILES string of the molecule is Cc1cc(C=O)cc(-c2nc(COC3CCCCO3)c(C)s2)c1. The van der Waals surface area contributed by atoms with E-state index in [1.807, 2.05) is 19.1 Å². The summed E-state index contributed by atoms with van der Waals surface area (Å²) in [5.74, 6) is 0. The van der Waals surface area contributed by atoms with E-state index in [0.29, 0.717) is 12.2 Å². The summed E-state index contributed by atoms with van der Waals surface area (Å²) in [6.45, 7) is 5.29. The van der Waals surface area contributed by atoms with Gasteiger partial charge in [-0.15, -0.1) is 11.3 Å². The van der Waals surface area contributed by atoms with Crippen molar-refractivity contribution in [3.63, 3.8) is 0 Å². The molecule has 2 heterocycles. The third-order valence-corrected chi connectivity index (χ3v) is 4.98. The van der Waals surface area contributed by atoms with Gasteiger partial charge in [0.1, 0.15) is 11.3 Å². The van der Waals surface area contributed by atoms with Crippen molar-refractivity contribution in [2.45, 2.75) is 46.0 Å². The highest BCUT2D eigenvalue weighted by Gasteiger charge is 2.16. The van der Waals surface area contributed by atoms with Crippen LogP contribution in [-0.2, 0) is 16.1 Å². The number of carbonyl (C=O) groups excluding carboxylic acids is 1. The zero-order valence-corrected chi connectivity index (χ0v) is 14.3. The number of carbonyl (C=O) groups is 1. The molecule has 1 fully saturated rings. The molecule has 1 aromatic carbocycles. The number of thiazole rings is 1. The number of benzene rings is 1. The van der Waals surface area contributed by atoms with Gasteiger partial charge in [0, 0.05) is 22.6 Å². The Morgan fingerprint density at radius 2 is 2.22 bits per heavy atom. The van der Waals surface area contributed by atoms with Crippen molar-refractivity contribution < 1.29 is 14.3 Å². The van der Waals surface area contributed by atoms with Crippen LogP contribution in [0.1, 0.15) is 45.8 Å². The third-order valence-electron chi connectivity index (χ3n) is 3.92. The minimum atomic E-state index is -0.103. The van der Waals surface area contributed by atoms with Crippen LogP contribution in [0.4, 0.5) is 0 Å². The molecule has 4 nitrogen and oxygen atoms in total. The van der Waals surface area contributed by atoms with Crippen LogP contribution in [0.15, 0.2) is 18.2 Å². The molecule has 0 spiro atoms. The number of hydrogen-bond donors (Lipinski definition) is 0. The van der Waals surface area contributed by atoms with E-state index in [1.54, 1.807) is 11.3 Å². The quantitative estimate of drug-likeness (QED) is 0.767. The first-order chi connectivity index (χ1) is 11.2. The van der Waals surface area contributed by atoms with E-state index in [9.17, 15) is 4.79 Å². The standard InChI is InChI=1S/C18H21NO3S/c1-12-7-14(10-20)9-15(8-12)18-19-16(13(2)23-18)11-22-17-5-3-4-6-21-17/h7-10,17H,3-6,11H2,1-2H3. The maximum Gasteiger partial charge on any atom is 0.158 e. The van der Waals surface area contributed by atoms with Crippen LogP contribution in [-0.4, -0.2) is 24.2 Å². The number of hydrogen-bond acceptors (Lipinski definition) is 5. The largest absolute Gasteiger partial charge is 0.353 e. The lowest BCUT2D eigenvalue weighted by molar-refractivity contribution is -0.169. The molecule has 0 N–H and O–H groups in total. The van der Waals surface area contributed by atoms with Crippen molar-refractivity contribution in [1.29, 1.82) is 0 Å². The topological polar surface area (TPSA) is 48.4 Å². The smallest absolute Gasteiger partial charge is 0.158 e. The van der Waals surface area contributed by atoms with Gasteiger partial charge in [0.15, 0.2) is 6.29 Å². The molecule has 0 radical (unpaired) electrons. The molecule has 1 unspecified atom stereocenters. The Kier molecular flexibility index (Phi) is 5.20. The van der Waals surface area contributed by atoms with E-state index in [-0.39, 0.29) is 6.29 Å². The molecule has 1 atom stereocenters. The van der Waals surface area contributed by atoms with Gasteiger partial charge < -0.3 is 9.47 Å². The molecule has 0 amide bonds. The van der Waals surface area contributed by atoms with E-state index in [4.69, 9.17) is 14.5 Å². The minimum absolute atomic E-state index is 0.103. The summed E-state index contributed by atoms with van der Waals surface area (Å²) in [6, 6.07) is 5.81. The van der Waals surface area contributed by atoms with E-state index in [0.717, 1.165) is 58.9 Å². The van der Waals surface area contributed by atoms with Gasteiger partial charge in [0.25, 0.3) is 0 Å². The lowest BCUT2D eigenvalue weighted by Crippen LogP contribution is -2.22. The average molecular weight is 331 g/mol. The van der Waals surface area contributed by atoms with E-state index in [2.05, 4.69) is 13.0 Å². The zero-order valence-electron chi connectivity index (χ0n) is 13.5. The normalized spacial score (nSPS) is 18.1. The summed E-state index contributed by atoms with van der Waals surface area (Å²) in [4.78, 5) is 16.9. The van der Waals surface area contributed by atoms with Gasteiger partial charge in [-0.25, -0.2) is 4.98 Å². The fraction of sp³-hybridized carbons (Fsp3) is 0.444. The first kappa shape index (κ1) is 16.3. The molecule has 2 aromatic rings. The second kappa shape index (κ2) is 7.34. The van der Waals surface area contributed by atoms with Gasteiger partial charge in [-0.05, 0) is 56.9 Å². The summed E-state index contributed by atoms with van der Waals surface area (Å²) in [7, 11) is 0. The molecule has 23 heavy (non-hydrogen) atoms. The number of ether oxygens (including phenoxy) is 2. The molecule has 0 bridgehead atoms. The van der Waals surface area contributed by atoms with Gasteiger partial charge in [0.2, 0.25) is 0 Å². The molecule has 0 saturated carbocycles. The molecule has 5 heteroatoms. The molecule has 122 valence electrons. The Morgan fingerprint density at radius 3 is 2.96 bits per heavy atom. The maximum atomic E-state index is 11.0. The number of nitrogens with zero attached hydrogens (tertiary/aromatic N) is 1. The van der Waals surface area contributed by atoms with Crippen molar-refractivity contribution in [1.82, 2.24) is 4.98 Å². The monoisotopic (exact) mass is 331 g/mol. The van der Waals surface area contributed by atoms with E-state index in [1.165, 1.54) is 0 Å². The predicted molar refractivity (Wildman–Crippen MR) is 90.8 cm³/mol. The highest BCUT2D eigenvalue weighted by atomic mass is 32.1. The maximum absolute atomic E-state index is 11.0. The number of rotatable bonds is 5. The fourth-order valence-corrected chi connectivity index (χ4v) is 3.61. The van der Waals surface area contributed by atoms with Crippen LogP contribution in [0.25, 0.3) is 10.6 Å². The lowest BCUT2D eigenvalue weighted by Gasteiger charge is -2.22. The van der Waals surface area contributed by atoms with Crippen molar-refractivity contribution in [2.75, 3.05) is 6.61 Å². The Bertz CT molecular complexity index is 690. The molecular weight excluding hydrogens is 310 g/mol. The second-order valence-corrected chi connectivity index (χ2v) is 7.08. The van der Waals surface area contributed by atoms with Crippen molar-refractivity contribution in [2.24, 2.45) is 0 Å². The summed E-state index contributed by atoms with van der Waals surface area (Å²) in [5.41, 5.74) is 3.68. The number of aromatic nitrogens is 1. The second-order valence-electron chi connectivity index (χ2n) is 5.88. The molecule has 0 aliphatic carbocycles. The highest BCUT2D eigenvalue weighted by Crippen LogP contribution is 2.29. The van der Waals surface area contributed by atoms with E-state index < -0.39 is 0 Å². The Labute approximate surface area is 140 Å². The van der Waals surface area contributed by atoms with Crippen molar-refractivity contribution in [3.05, 3.63) is 39.9 Å². The summed E-state index contributed by atoms with van der Waals surface area (Å²) in [5, 5.41) is 0.928. The van der Waals surface area contributed by atoms with Gasteiger partial charge in [-0.3, -0.25) is 4.79 Å². The molecule has 1 saturated heterocycles. The van der Waals surface area contributed by atoms with Gasteiger partial charge >= 0.3 is 0 Å². The molecule has 1 aromatic heterocycles. The van der Waals surface area contributed by atoms with Crippen molar-refractivity contribution >= 4 is 17.6 Å². The van der Waals surface area contributed by atoms with Gasteiger partial charge in [0.05, 0.1) is 12.3 Å². The summed E-state index contributed by atoms with van der Waals surface area (Å²) < 4.78 is 11.4. The van der Waals surface area contributed by atoms with Crippen LogP contribution < -0.4 is 0 Å². The fourth-order valence-electron chi connectivity index (χ4n) is 2.70. The molecular formula is C18H21NO3S. The first-order valence-corrected chi connectivity index (χ1v) is 8.74. The Hall–Kier alpha value is -1.56. The van der Waals surface area contributed by atoms with Gasteiger partial charge in [-0.1, -0.05) is 0 Å². The lowest BCUT2D eigenvalue weighted by atomic mass is 10.1. The zero-order chi connectivity index (χ0) is 16.2. The van der Waals surface area contributed by atoms with E-state index >= 15 is 0 Å². The average Bonchev–Trinajstić information content (AvgIpc) is 2.94. The highest BCUT2D eigenvalue weighted by molar-refractivity contribution is 7.15. The van der Waals surface area contributed by atoms with Crippen LogP contribution in [0.2, 0.25) is 0 Å². The third kappa shape index (κ3) is 4.05. The first-order valence-electron chi connectivity index (χ1n) is 7.92. The number of aryl methyl sites for hydroxylation is 2. The van der Waals surface area contributed by atoms with Crippen LogP contribution in [0.5, 0.6) is 0 Å². The Balaban J connectivity index is 1.75. The van der Waals surface area contributed by atoms with Crippen LogP contribution >= 0.6 is 11.3 Å². The molecule has 3 rings (SSSR count).